The number of hydrogen-bond acceptors (Lipinski definition) is 6. The number of amides is 1. The number of hydrogen-bond donors (Lipinski definition) is 1. The van der Waals surface area contributed by atoms with Gasteiger partial charge in [0.1, 0.15) is 11.6 Å². The predicted octanol–water partition coefficient (Wildman–Crippen LogP) is 3.31. The number of nitriles is 1. The van der Waals surface area contributed by atoms with Gasteiger partial charge in [0.05, 0.1) is 13.2 Å². The molecular formula is C24H25N3O4. The summed E-state index contributed by atoms with van der Waals surface area (Å²) in [6.07, 6.45) is 0.387. The number of nitrogens with one attached hydrogen (secondary N) is 1. The largest absolute Gasteiger partial charge is 0.448 e. The van der Waals surface area contributed by atoms with Crippen LogP contribution in [0.3, 0.4) is 0 Å². The van der Waals surface area contributed by atoms with E-state index in [2.05, 4.69) is 10.2 Å². The highest BCUT2D eigenvalue weighted by Gasteiger charge is 2.21. The minimum atomic E-state index is -1.05. The second-order valence-corrected chi connectivity index (χ2v) is 7.26. The van der Waals surface area contributed by atoms with Gasteiger partial charge >= 0.3 is 5.97 Å². The molecule has 2 aromatic carbocycles. The molecule has 0 bridgehead atoms. The van der Waals surface area contributed by atoms with Crippen molar-refractivity contribution >= 4 is 29.3 Å². The van der Waals surface area contributed by atoms with Crippen LogP contribution >= 0.6 is 0 Å². The number of ether oxygens (including phenoxy) is 2. The van der Waals surface area contributed by atoms with Crippen LogP contribution in [0.25, 0.3) is 6.08 Å². The van der Waals surface area contributed by atoms with Crippen LogP contribution in [0.1, 0.15) is 18.1 Å². The number of morpholine rings is 1. The van der Waals surface area contributed by atoms with Crippen molar-refractivity contribution in [2.45, 2.75) is 20.0 Å². The zero-order valence-corrected chi connectivity index (χ0v) is 17.6. The molecule has 7 nitrogen and oxygen atoms in total. The number of benzene rings is 2. The Morgan fingerprint density at radius 2 is 1.77 bits per heavy atom. The number of anilines is 2. The normalized spacial score (nSPS) is 15.0. The van der Waals surface area contributed by atoms with Gasteiger partial charge in [-0.05, 0) is 49.8 Å². The summed E-state index contributed by atoms with van der Waals surface area (Å²) in [6.45, 7) is 6.47. The van der Waals surface area contributed by atoms with Gasteiger partial charge in [0.2, 0.25) is 0 Å². The molecule has 0 radical (unpaired) electrons. The Morgan fingerprint density at radius 3 is 2.39 bits per heavy atom. The van der Waals surface area contributed by atoms with E-state index in [1.165, 1.54) is 13.0 Å². The highest BCUT2D eigenvalue weighted by atomic mass is 16.5. The highest BCUT2D eigenvalue weighted by Crippen LogP contribution is 2.19. The van der Waals surface area contributed by atoms with Crippen LogP contribution in [0, 0.1) is 18.3 Å². The molecule has 0 saturated carbocycles. The third-order valence-corrected chi connectivity index (χ3v) is 4.89. The maximum absolute atomic E-state index is 12.4. The quantitative estimate of drug-likeness (QED) is 0.439. The second kappa shape index (κ2) is 10.4. The molecule has 1 atom stereocenters. The number of nitrogens with zero attached hydrogens (tertiary/aromatic N) is 2. The van der Waals surface area contributed by atoms with E-state index >= 15 is 0 Å². The number of carbonyl (C=O) groups is 2. The first kappa shape index (κ1) is 22.1. The molecule has 0 aromatic heterocycles. The number of carbonyl (C=O) groups excluding carboxylic acids is 2. The molecule has 0 unspecified atom stereocenters. The smallest absolute Gasteiger partial charge is 0.349 e. The van der Waals surface area contributed by atoms with Crippen LogP contribution in [0.4, 0.5) is 11.4 Å². The second-order valence-electron chi connectivity index (χ2n) is 7.26. The fourth-order valence-electron chi connectivity index (χ4n) is 3.06. The minimum absolute atomic E-state index is 0.168. The van der Waals surface area contributed by atoms with Gasteiger partial charge in [-0.15, -0.1) is 0 Å². The van der Waals surface area contributed by atoms with Crippen LogP contribution in [-0.2, 0) is 19.1 Å². The minimum Gasteiger partial charge on any atom is -0.448 e. The first-order chi connectivity index (χ1) is 15.0. The van der Waals surface area contributed by atoms with Crippen LogP contribution in [0.2, 0.25) is 0 Å². The molecular weight excluding hydrogens is 394 g/mol. The Labute approximate surface area is 181 Å². The molecule has 1 amide bonds. The number of rotatable bonds is 6. The van der Waals surface area contributed by atoms with Crippen molar-refractivity contribution in [2.24, 2.45) is 0 Å². The average molecular weight is 419 g/mol. The van der Waals surface area contributed by atoms with E-state index in [1.54, 1.807) is 24.3 Å². The van der Waals surface area contributed by atoms with E-state index in [0.29, 0.717) is 24.5 Å². The SMILES string of the molecule is Cc1ccc(/C=C(\C#N)C(=O)O[C@H](C)C(=O)Nc2ccc(N3CCOCC3)cc2)cc1. The van der Waals surface area contributed by atoms with Gasteiger partial charge in [0.15, 0.2) is 6.10 Å². The molecule has 160 valence electrons. The fourth-order valence-corrected chi connectivity index (χ4v) is 3.06. The summed E-state index contributed by atoms with van der Waals surface area (Å²) in [5.74, 6) is -1.31. The van der Waals surface area contributed by atoms with Crippen molar-refractivity contribution in [3.63, 3.8) is 0 Å². The van der Waals surface area contributed by atoms with Crippen LogP contribution < -0.4 is 10.2 Å². The Morgan fingerprint density at radius 1 is 1.13 bits per heavy atom. The van der Waals surface area contributed by atoms with E-state index in [4.69, 9.17) is 9.47 Å². The van der Waals surface area contributed by atoms with Crippen molar-refractivity contribution in [1.29, 1.82) is 5.26 Å². The molecule has 1 aliphatic rings. The lowest BCUT2D eigenvalue weighted by atomic mass is 10.1. The topological polar surface area (TPSA) is 91.7 Å². The highest BCUT2D eigenvalue weighted by molar-refractivity contribution is 6.01. The van der Waals surface area contributed by atoms with Crippen LogP contribution in [0.15, 0.2) is 54.1 Å². The van der Waals surface area contributed by atoms with E-state index in [9.17, 15) is 14.9 Å². The van der Waals surface area contributed by atoms with Gasteiger partial charge < -0.3 is 19.7 Å². The number of aryl methyl sites for hydroxylation is 1. The molecule has 1 fully saturated rings. The van der Waals surface area contributed by atoms with Gasteiger partial charge in [-0.25, -0.2) is 4.79 Å². The first-order valence-corrected chi connectivity index (χ1v) is 10.1. The van der Waals surface area contributed by atoms with E-state index < -0.39 is 18.0 Å². The Hall–Kier alpha value is -3.63. The maximum Gasteiger partial charge on any atom is 0.349 e. The van der Waals surface area contributed by atoms with Gasteiger partial charge in [-0.1, -0.05) is 29.8 Å². The molecule has 2 aromatic rings. The Bertz CT molecular complexity index is 985. The summed E-state index contributed by atoms with van der Waals surface area (Å²) in [5.41, 5.74) is 3.26. The van der Waals surface area contributed by atoms with E-state index in [1.807, 2.05) is 37.3 Å². The van der Waals surface area contributed by atoms with Gasteiger partial charge in [0, 0.05) is 24.5 Å². The lowest BCUT2D eigenvalue weighted by Gasteiger charge is -2.28. The summed E-state index contributed by atoms with van der Waals surface area (Å²) in [6, 6.07) is 16.7. The zero-order chi connectivity index (χ0) is 22.2. The average Bonchev–Trinajstić information content (AvgIpc) is 2.79. The van der Waals surface area contributed by atoms with E-state index in [-0.39, 0.29) is 5.57 Å². The number of esters is 1. The van der Waals surface area contributed by atoms with Crippen molar-refractivity contribution in [2.75, 3.05) is 36.5 Å². The van der Waals surface area contributed by atoms with Crippen molar-refractivity contribution in [3.8, 4) is 6.07 Å². The molecule has 1 heterocycles. The molecule has 1 aliphatic heterocycles. The van der Waals surface area contributed by atoms with Crippen LogP contribution in [0.5, 0.6) is 0 Å². The van der Waals surface area contributed by atoms with Crippen molar-refractivity contribution in [1.82, 2.24) is 0 Å². The molecule has 7 heteroatoms. The lowest BCUT2D eigenvalue weighted by Crippen LogP contribution is -2.36. The first-order valence-electron chi connectivity index (χ1n) is 10.1. The van der Waals surface area contributed by atoms with Crippen molar-refractivity contribution in [3.05, 3.63) is 65.2 Å². The Kier molecular flexibility index (Phi) is 7.41. The summed E-state index contributed by atoms with van der Waals surface area (Å²) in [5, 5.41) is 12.0. The third-order valence-electron chi connectivity index (χ3n) is 4.89. The molecule has 0 spiro atoms. The summed E-state index contributed by atoms with van der Waals surface area (Å²) in [4.78, 5) is 27.0. The summed E-state index contributed by atoms with van der Waals surface area (Å²) < 4.78 is 10.5. The fraction of sp³-hybridized carbons (Fsp3) is 0.292. The van der Waals surface area contributed by atoms with Gasteiger partial charge in [-0.2, -0.15) is 5.26 Å². The summed E-state index contributed by atoms with van der Waals surface area (Å²) >= 11 is 0. The molecule has 1 N–H and O–H groups in total. The standard InChI is InChI=1S/C24H25N3O4/c1-17-3-5-19(6-4-17)15-20(16-25)24(29)31-18(2)23(28)26-21-7-9-22(10-8-21)27-11-13-30-14-12-27/h3-10,15,18H,11-14H2,1-2H3,(H,26,28)/b20-15+/t18-/m1/s1. The van der Waals surface area contributed by atoms with Crippen molar-refractivity contribution < 1.29 is 19.1 Å². The zero-order valence-electron chi connectivity index (χ0n) is 17.6. The molecule has 1 saturated heterocycles. The predicted molar refractivity (Wildman–Crippen MR) is 118 cm³/mol. The molecule has 31 heavy (non-hydrogen) atoms. The maximum atomic E-state index is 12.4. The molecule has 0 aliphatic carbocycles. The van der Waals surface area contributed by atoms with Gasteiger partial charge in [0.25, 0.3) is 5.91 Å². The Balaban J connectivity index is 1.57. The lowest BCUT2D eigenvalue weighted by molar-refractivity contribution is -0.148. The molecule has 3 rings (SSSR count). The van der Waals surface area contributed by atoms with Crippen LogP contribution in [-0.4, -0.2) is 44.3 Å². The third kappa shape index (κ3) is 6.17. The van der Waals surface area contributed by atoms with Gasteiger partial charge in [-0.3, -0.25) is 4.79 Å². The van der Waals surface area contributed by atoms with E-state index in [0.717, 1.165) is 24.3 Å². The monoisotopic (exact) mass is 419 g/mol. The summed E-state index contributed by atoms with van der Waals surface area (Å²) in [7, 11) is 0.